The van der Waals surface area contributed by atoms with Crippen LogP contribution in [0, 0.1) is 6.92 Å². The minimum Gasteiger partial charge on any atom is -0.349 e. The lowest BCUT2D eigenvalue weighted by atomic mass is 10.1. The van der Waals surface area contributed by atoms with E-state index in [0.29, 0.717) is 0 Å². The number of nitrogens with one attached hydrogen (secondary N) is 2. The van der Waals surface area contributed by atoms with E-state index in [9.17, 15) is 0 Å². The van der Waals surface area contributed by atoms with E-state index in [1.807, 2.05) is 31.2 Å². The van der Waals surface area contributed by atoms with Crippen molar-refractivity contribution in [2.24, 2.45) is 0 Å². The third-order valence-electron chi connectivity index (χ3n) is 2.43. The summed E-state index contributed by atoms with van der Waals surface area (Å²) in [6.45, 7) is 4.03. The van der Waals surface area contributed by atoms with Gasteiger partial charge in [-0.3, -0.25) is 0 Å². The molecule has 4 heteroatoms. The summed E-state index contributed by atoms with van der Waals surface area (Å²) in [4.78, 5) is 7.33. The molecule has 1 aromatic heterocycles. The Morgan fingerprint density at radius 1 is 1.38 bits per heavy atom. The zero-order valence-corrected chi connectivity index (χ0v) is 10.0. The van der Waals surface area contributed by atoms with Gasteiger partial charge in [-0.25, -0.2) is 4.98 Å². The molecule has 0 saturated carbocycles. The molecule has 0 spiro atoms. The Labute approximate surface area is 99.9 Å². The number of rotatable bonds is 3. The van der Waals surface area contributed by atoms with Gasteiger partial charge in [0.25, 0.3) is 0 Å². The largest absolute Gasteiger partial charge is 0.349 e. The van der Waals surface area contributed by atoms with Crippen LogP contribution in [-0.4, -0.2) is 9.97 Å². The highest BCUT2D eigenvalue weighted by atomic mass is 35.5. The first kappa shape index (κ1) is 11.0. The minimum absolute atomic E-state index is 0.124. The maximum atomic E-state index is 6.12. The van der Waals surface area contributed by atoms with Gasteiger partial charge >= 0.3 is 0 Å². The Kier molecular flexibility index (Phi) is 3.15. The van der Waals surface area contributed by atoms with Crippen molar-refractivity contribution in [2.45, 2.75) is 19.9 Å². The molecule has 0 fully saturated rings. The van der Waals surface area contributed by atoms with Crippen LogP contribution in [0.15, 0.2) is 30.5 Å². The van der Waals surface area contributed by atoms with Gasteiger partial charge in [0.2, 0.25) is 5.95 Å². The van der Waals surface area contributed by atoms with Gasteiger partial charge in [0, 0.05) is 16.9 Å². The number of H-pyrrole nitrogens is 1. The Morgan fingerprint density at radius 3 is 2.75 bits per heavy atom. The van der Waals surface area contributed by atoms with Crippen molar-refractivity contribution >= 4 is 17.5 Å². The molecular weight excluding hydrogens is 222 g/mol. The first-order chi connectivity index (χ1) is 7.66. The van der Waals surface area contributed by atoms with Crippen molar-refractivity contribution < 1.29 is 0 Å². The highest BCUT2D eigenvalue weighted by molar-refractivity contribution is 6.31. The first-order valence-corrected chi connectivity index (χ1v) is 5.57. The second-order valence-electron chi connectivity index (χ2n) is 3.80. The van der Waals surface area contributed by atoms with E-state index >= 15 is 0 Å². The highest BCUT2D eigenvalue weighted by Gasteiger charge is 2.09. The Balaban J connectivity index is 2.14. The number of aromatic amines is 1. The normalized spacial score (nSPS) is 12.4. The van der Waals surface area contributed by atoms with Gasteiger partial charge < -0.3 is 10.3 Å². The number of hydrogen-bond acceptors (Lipinski definition) is 2. The van der Waals surface area contributed by atoms with Gasteiger partial charge in [-0.2, -0.15) is 0 Å². The van der Waals surface area contributed by atoms with E-state index in [2.05, 4.69) is 22.2 Å². The molecule has 16 heavy (non-hydrogen) atoms. The summed E-state index contributed by atoms with van der Waals surface area (Å²) in [5.74, 6) is 0.768. The van der Waals surface area contributed by atoms with E-state index in [0.717, 1.165) is 22.2 Å². The molecule has 1 atom stereocenters. The number of aromatic nitrogens is 2. The standard InChI is InChI=1S/C12H14ClN3/c1-8-7-14-12(15-8)16-9(2)10-5-3-4-6-11(10)13/h3-7,9H,1-2H3,(H2,14,15,16). The van der Waals surface area contributed by atoms with E-state index in [1.54, 1.807) is 6.20 Å². The molecule has 2 rings (SSSR count). The lowest BCUT2D eigenvalue weighted by Crippen LogP contribution is -2.08. The van der Waals surface area contributed by atoms with Crippen molar-refractivity contribution in [3.63, 3.8) is 0 Å². The van der Waals surface area contributed by atoms with Crippen molar-refractivity contribution in [2.75, 3.05) is 5.32 Å². The molecule has 0 saturated heterocycles. The number of hydrogen-bond donors (Lipinski definition) is 2. The molecule has 0 bridgehead atoms. The molecule has 84 valence electrons. The predicted octanol–water partition coefficient (Wildman–Crippen LogP) is 3.54. The summed E-state index contributed by atoms with van der Waals surface area (Å²) in [5, 5.41) is 4.04. The van der Waals surface area contributed by atoms with Gasteiger partial charge in [0.05, 0.1) is 6.04 Å². The summed E-state index contributed by atoms with van der Waals surface area (Å²) in [6, 6.07) is 7.93. The van der Waals surface area contributed by atoms with Gasteiger partial charge in [-0.1, -0.05) is 29.8 Å². The lowest BCUT2D eigenvalue weighted by molar-refractivity contribution is 0.867. The fourth-order valence-corrected chi connectivity index (χ4v) is 1.89. The van der Waals surface area contributed by atoms with Crippen LogP contribution in [0.4, 0.5) is 5.95 Å². The predicted molar refractivity (Wildman–Crippen MR) is 66.8 cm³/mol. The quantitative estimate of drug-likeness (QED) is 0.854. The monoisotopic (exact) mass is 235 g/mol. The summed E-state index contributed by atoms with van der Waals surface area (Å²) < 4.78 is 0. The third-order valence-corrected chi connectivity index (χ3v) is 2.77. The minimum atomic E-state index is 0.124. The zero-order valence-electron chi connectivity index (χ0n) is 9.29. The summed E-state index contributed by atoms with van der Waals surface area (Å²) in [6.07, 6.45) is 1.79. The summed E-state index contributed by atoms with van der Waals surface area (Å²) in [5.41, 5.74) is 2.10. The molecule has 1 heterocycles. The van der Waals surface area contributed by atoms with Crippen molar-refractivity contribution in [3.05, 3.63) is 46.7 Å². The smallest absolute Gasteiger partial charge is 0.200 e. The molecule has 0 aliphatic carbocycles. The first-order valence-electron chi connectivity index (χ1n) is 5.19. The topological polar surface area (TPSA) is 40.7 Å². The SMILES string of the molecule is Cc1cnc(NC(C)c2ccccc2Cl)[nH]1. The molecule has 0 aliphatic heterocycles. The number of anilines is 1. The molecule has 1 unspecified atom stereocenters. The molecule has 1 aromatic carbocycles. The van der Waals surface area contributed by atoms with Crippen LogP contribution in [0.5, 0.6) is 0 Å². The molecule has 0 aliphatic rings. The third kappa shape index (κ3) is 2.36. The van der Waals surface area contributed by atoms with Crippen LogP contribution >= 0.6 is 11.6 Å². The lowest BCUT2D eigenvalue weighted by Gasteiger charge is -2.14. The molecule has 2 aromatic rings. The maximum absolute atomic E-state index is 6.12. The molecule has 3 nitrogen and oxygen atoms in total. The average Bonchev–Trinajstić information content (AvgIpc) is 2.64. The van der Waals surface area contributed by atoms with Crippen LogP contribution < -0.4 is 5.32 Å². The number of halogens is 1. The maximum Gasteiger partial charge on any atom is 0.200 e. The van der Waals surface area contributed by atoms with Gasteiger partial charge in [-0.15, -0.1) is 0 Å². The van der Waals surface area contributed by atoms with E-state index in [4.69, 9.17) is 11.6 Å². The number of benzene rings is 1. The van der Waals surface area contributed by atoms with Gasteiger partial charge in [-0.05, 0) is 25.5 Å². The molecule has 0 radical (unpaired) electrons. The number of imidazole rings is 1. The van der Waals surface area contributed by atoms with Gasteiger partial charge in [0.15, 0.2) is 0 Å². The molecular formula is C12H14ClN3. The fourth-order valence-electron chi connectivity index (χ4n) is 1.60. The van der Waals surface area contributed by atoms with Crippen LogP contribution in [0.3, 0.4) is 0 Å². The zero-order chi connectivity index (χ0) is 11.5. The van der Waals surface area contributed by atoms with E-state index < -0.39 is 0 Å². The summed E-state index contributed by atoms with van der Waals surface area (Å²) >= 11 is 6.12. The Morgan fingerprint density at radius 2 is 2.12 bits per heavy atom. The summed E-state index contributed by atoms with van der Waals surface area (Å²) in [7, 11) is 0. The van der Waals surface area contributed by atoms with E-state index in [1.165, 1.54) is 0 Å². The van der Waals surface area contributed by atoms with Crippen LogP contribution in [-0.2, 0) is 0 Å². The molecule has 2 N–H and O–H groups in total. The number of aryl methyl sites for hydroxylation is 1. The van der Waals surface area contributed by atoms with Crippen LogP contribution in [0.1, 0.15) is 24.2 Å². The molecule has 0 amide bonds. The van der Waals surface area contributed by atoms with E-state index in [-0.39, 0.29) is 6.04 Å². The Hall–Kier alpha value is -1.48. The second kappa shape index (κ2) is 4.58. The van der Waals surface area contributed by atoms with Crippen molar-refractivity contribution in [1.82, 2.24) is 9.97 Å². The average molecular weight is 236 g/mol. The van der Waals surface area contributed by atoms with Crippen molar-refractivity contribution in [1.29, 1.82) is 0 Å². The van der Waals surface area contributed by atoms with Crippen LogP contribution in [0.25, 0.3) is 0 Å². The van der Waals surface area contributed by atoms with Crippen molar-refractivity contribution in [3.8, 4) is 0 Å². The fraction of sp³-hybridized carbons (Fsp3) is 0.250. The highest BCUT2D eigenvalue weighted by Crippen LogP contribution is 2.24. The van der Waals surface area contributed by atoms with Gasteiger partial charge in [0.1, 0.15) is 0 Å². The second-order valence-corrected chi connectivity index (χ2v) is 4.21. The van der Waals surface area contributed by atoms with Crippen LogP contribution in [0.2, 0.25) is 5.02 Å². The Bertz CT molecular complexity index is 479. The number of nitrogens with zero attached hydrogens (tertiary/aromatic N) is 1.